The van der Waals surface area contributed by atoms with E-state index in [1.165, 1.54) is 0 Å². The molecule has 1 aromatic rings. The Morgan fingerprint density at radius 3 is 2.63 bits per heavy atom. The molecule has 2 rings (SSSR count). The number of aliphatic hydroxyl groups is 1. The quantitative estimate of drug-likeness (QED) is 0.881. The molecule has 0 aliphatic carbocycles. The summed E-state index contributed by atoms with van der Waals surface area (Å²) in [5.41, 5.74) is 0.955. The number of rotatable bonds is 4. The highest BCUT2D eigenvalue weighted by Crippen LogP contribution is 2.20. The Morgan fingerprint density at radius 1 is 1.37 bits per heavy atom. The van der Waals surface area contributed by atoms with Crippen LogP contribution in [0, 0.1) is 0 Å². The number of anilines is 1. The number of hydrogen-bond acceptors (Lipinski definition) is 5. The highest BCUT2D eigenvalue weighted by Gasteiger charge is 2.20. The average Bonchev–Trinajstić information content (AvgIpc) is 2.47. The molecular weight excluding hydrogens is 266 g/mol. The first-order valence-corrected chi connectivity index (χ1v) is 8.02. The van der Waals surface area contributed by atoms with E-state index in [-0.39, 0.29) is 18.5 Å². The van der Waals surface area contributed by atoms with Gasteiger partial charge in [-0.15, -0.1) is 0 Å². The Bertz CT molecular complexity index is 512. The Balaban J connectivity index is 2.14. The molecule has 1 aliphatic rings. The topological polar surface area (TPSA) is 66.8 Å². The lowest BCUT2D eigenvalue weighted by molar-refractivity contribution is 0.00356. The van der Waals surface area contributed by atoms with Crippen LogP contribution >= 0.6 is 0 Å². The summed E-state index contributed by atoms with van der Waals surface area (Å²) in [5.74, 6) is 0.108. The third kappa shape index (κ3) is 3.26. The van der Waals surface area contributed by atoms with Gasteiger partial charge in [-0.1, -0.05) is 6.92 Å². The first-order valence-electron chi connectivity index (χ1n) is 6.37. The van der Waals surface area contributed by atoms with Gasteiger partial charge >= 0.3 is 0 Å². The summed E-state index contributed by atoms with van der Waals surface area (Å²) in [6.45, 7) is 3.57. The van der Waals surface area contributed by atoms with E-state index in [0.717, 1.165) is 12.2 Å². The molecule has 1 aromatic carbocycles. The molecule has 0 saturated carbocycles. The van der Waals surface area contributed by atoms with Gasteiger partial charge in [0.1, 0.15) is 0 Å². The van der Waals surface area contributed by atoms with Crippen molar-refractivity contribution in [2.75, 3.05) is 37.0 Å². The van der Waals surface area contributed by atoms with Crippen molar-refractivity contribution in [3.8, 4) is 0 Å². The fourth-order valence-electron chi connectivity index (χ4n) is 2.10. The zero-order valence-corrected chi connectivity index (χ0v) is 11.8. The minimum absolute atomic E-state index is 0.00119. The Hall–Kier alpha value is -1.11. The van der Waals surface area contributed by atoms with Gasteiger partial charge in [-0.25, -0.2) is 8.42 Å². The molecule has 1 atom stereocenters. The van der Waals surface area contributed by atoms with Gasteiger partial charge in [0.25, 0.3) is 0 Å². The minimum Gasteiger partial charge on any atom is -0.394 e. The fraction of sp³-hybridized carbons (Fsp3) is 0.538. The van der Waals surface area contributed by atoms with Crippen LogP contribution < -0.4 is 4.90 Å². The lowest BCUT2D eigenvalue weighted by Gasteiger charge is -2.33. The molecule has 5 nitrogen and oxygen atoms in total. The number of ether oxygens (including phenoxy) is 1. The van der Waals surface area contributed by atoms with Crippen LogP contribution in [0.1, 0.15) is 6.92 Å². The molecule has 0 spiro atoms. The monoisotopic (exact) mass is 285 g/mol. The molecule has 1 N–H and O–H groups in total. The average molecular weight is 285 g/mol. The second-order valence-electron chi connectivity index (χ2n) is 4.52. The van der Waals surface area contributed by atoms with Crippen LogP contribution in [0.25, 0.3) is 0 Å². The highest BCUT2D eigenvalue weighted by atomic mass is 32.2. The number of aliphatic hydroxyl groups excluding tert-OH is 1. The van der Waals surface area contributed by atoms with Crippen molar-refractivity contribution in [3.05, 3.63) is 24.3 Å². The van der Waals surface area contributed by atoms with Crippen LogP contribution in [-0.2, 0) is 14.6 Å². The second-order valence-corrected chi connectivity index (χ2v) is 6.80. The van der Waals surface area contributed by atoms with Gasteiger partial charge < -0.3 is 14.7 Å². The molecule has 6 heteroatoms. The maximum Gasteiger partial charge on any atom is 0.178 e. The van der Waals surface area contributed by atoms with Gasteiger partial charge in [-0.2, -0.15) is 0 Å². The molecule has 19 heavy (non-hydrogen) atoms. The summed E-state index contributed by atoms with van der Waals surface area (Å²) in [6, 6.07) is 6.89. The highest BCUT2D eigenvalue weighted by molar-refractivity contribution is 7.91. The van der Waals surface area contributed by atoms with Gasteiger partial charge in [-0.05, 0) is 24.3 Å². The molecular formula is C13H19NO4S. The van der Waals surface area contributed by atoms with Crippen molar-refractivity contribution in [3.63, 3.8) is 0 Å². The van der Waals surface area contributed by atoms with E-state index in [4.69, 9.17) is 9.84 Å². The molecule has 0 radical (unpaired) electrons. The number of morpholine rings is 1. The van der Waals surface area contributed by atoms with Crippen LogP contribution in [0.4, 0.5) is 5.69 Å². The van der Waals surface area contributed by atoms with E-state index in [0.29, 0.717) is 18.0 Å². The largest absolute Gasteiger partial charge is 0.394 e. The number of hydrogen-bond donors (Lipinski definition) is 1. The number of sulfone groups is 1. The Labute approximate surface area is 113 Å². The summed E-state index contributed by atoms with van der Waals surface area (Å²) in [7, 11) is -3.14. The van der Waals surface area contributed by atoms with E-state index in [1.807, 2.05) is 12.1 Å². The summed E-state index contributed by atoms with van der Waals surface area (Å²) in [5, 5.41) is 9.11. The summed E-state index contributed by atoms with van der Waals surface area (Å²) >= 11 is 0. The molecule has 0 aromatic heterocycles. The Kier molecular flexibility index (Phi) is 4.44. The predicted molar refractivity (Wildman–Crippen MR) is 73.2 cm³/mol. The summed E-state index contributed by atoms with van der Waals surface area (Å²) < 4.78 is 28.8. The van der Waals surface area contributed by atoms with Crippen molar-refractivity contribution in [2.24, 2.45) is 0 Å². The lowest BCUT2D eigenvalue weighted by Crippen LogP contribution is -2.44. The third-order valence-corrected chi connectivity index (χ3v) is 5.03. The molecule has 1 fully saturated rings. The molecule has 1 saturated heterocycles. The van der Waals surface area contributed by atoms with E-state index in [2.05, 4.69) is 4.90 Å². The third-order valence-electron chi connectivity index (χ3n) is 3.28. The first kappa shape index (κ1) is 14.3. The lowest BCUT2D eigenvalue weighted by atomic mass is 10.2. The van der Waals surface area contributed by atoms with E-state index < -0.39 is 9.84 Å². The predicted octanol–water partition coefficient (Wildman–Crippen LogP) is 0.678. The normalized spacial score (nSPS) is 20.5. The smallest absolute Gasteiger partial charge is 0.178 e. The van der Waals surface area contributed by atoms with E-state index >= 15 is 0 Å². The molecule has 106 valence electrons. The zero-order valence-electron chi connectivity index (χ0n) is 10.9. The zero-order chi connectivity index (χ0) is 13.9. The standard InChI is InChI=1S/C13H19NO4S/c1-2-19(16,17)13-5-3-11(4-6-13)14-7-8-18-12(9-14)10-15/h3-6,12,15H,2,7-10H2,1H3. The van der Waals surface area contributed by atoms with Gasteiger partial charge in [0.15, 0.2) is 9.84 Å². The van der Waals surface area contributed by atoms with Crippen LogP contribution in [0.2, 0.25) is 0 Å². The maximum atomic E-state index is 11.7. The molecule has 0 bridgehead atoms. The molecule has 0 amide bonds. The van der Waals surface area contributed by atoms with Crippen LogP contribution in [0.3, 0.4) is 0 Å². The van der Waals surface area contributed by atoms with E-state index in [9.17, 15) is 8.42 Å². The SMILES string of the molecule is CCS(=O)(=O)c1ccc(N2CCOC(CO)C2)cc1. The molecule has 1 heterocycles. The van der Waals surface area contributed by atoms with Crippen molar-refractivity contribution in [2.45, 2.75) is 17.9 Å². The number of nitrogens with zero attached hydrogens (tertiary/aromatic N) is 1. The van der Waals surface area contributed by atoms with Gasteiger partial charge in [-0.3, -0.25) is 0 Å². The van der Waals surface area contributed by atoms with Gasteiger partial charge in [0.2, 0.25) is 0 Å². The van der Waals surface area contributed by atoms with Crippen molar-refractivity contribution in [1.29, 1.82) is 0 Å². The van der Waals surface area contributed by atoms with E-state index in [1.54, 1.807) is 19.1 Å². The van der Waals surface area contributed by atoms with Crippen molar-refractivity contribution < 1.29 is 18.3 Å². The summed E-state index contributed by atoms with van der Waals surface area (Å²) in [6.07, 6.45) is -0.173. The second kappa shape index (κ2) is 5.90. The van der Waals surface area contributed by atoms with Crippen molar-refractivity contribution >= 4 is 15.5 Å². The fourth-order valence-corrected chi connectivity index (χ4v) is 2.98. The van der Waals surface area contributed by atoms with Gasteiger partial charge in [0.05, 0.1) is 30.0 Å². The molecule has 1 aliphatic heterocycles. The first-order chi connectivity index (χ1) is 9.06. The Morgan fingerprint density at radius 2 is 2.05 bits per heavy atom. The van der Waals surface area contributed by atoms with Crippen molar-refractivity contribution in [1.82, 2.24) is 0 Å². The van der Waals surface area contributed by atoms with Crippen LogP contribution in [0.15, 0.2) is 29.2 Å². The molecule has 1 unspecified atom stereocenters. The number of benzene rings is 1. The van der Waals surface area contributed by atoms with Crippen LogP contribution in [-0.4, -0.2) is 51.7 Å². The summed E-state index contributed by atoms with van der Waals surface area (Å²) in [4.78, 5) is 2.44. The van der Waals surface area contributed by atoms with Crippen LogP contribution in [0.5, 0.6) is 0 Å². The maximum absolute atomic E-state index is 11.7. The minimum atomic E-state index is -3.14. The van der Waals surface area contributed by atoms with Gasteiger partial charge in [0, 0.05) is 18.8 Å².